The molecule has 0 spiro atoms. The minimum atomic E-state index is -0.290. The number of para-hydroxylation sites is 1. The van der Waals surface area contributed by atoms with E-state index in [1.54, 1.807) is 4.90 Å². The third kappa shape index (κ3) is 2.86. The fourth-order valence-corrected chi connectivity index (χ4v) is 3.65. The molecule has 2 aromatic rings. The summed E-state index contributed by atoms with van der Waals surface area (Å²) < 4.78 is 0. The zero-order valence-corrected chi connectivity index (χ0v) is 14.3. The molecule has 0 aliphatic carbocycles. The lowest BCUT2D eigenvalue weighted by atomic mass is 9.91. The number of aliphatic imine (C=N–C) groups is 1. The van der Waals surface area contributed by atoms with Gasteiger partial charge in [0.05, 0.1) is 17.3 Å². The standard InChI is InChI=1S/C21H20N2O3/c24-15-9-10-16(20(25)13-15)21(26)23-18-7-2-1-5-14(18)8-11-19(23)17-6-3-4-12-22-17/h1-3,5-7,9-10,13,19,24-25H,4,8,11-12H2. The number of aromatic hydroxyl groups is 2. The molecule has 2 aliphatic rings. The summed E-state index contributed by atoms with van der Waals surface area (Å²) in [5.74, 6) is -0.589. The molecule has 2 heterocycles. The molecule has 1 atom stereocenters. The molecule has 26 heavy (non-hydrogen) atoms. The summed E-state index contributed by atoms with van der Waals surface area (Å²) in [7, 11) is 0. The van der Waals surface area contributed by atoms with Gasteiger partial charge >= 0.3 is 0 Å². The highest BCUT2D eigenvalue weighted by atomic mass is 16.3. The van der Waals surface area contributed by atoms with Gasteiger partial charge in [-0.15, -0.1) is 0 Å². The zero-order chi connectivity index (χ0) is 18.1. The van der Waals surface area contributed by atoms with Crippen LogP contribution in [0.2, 0.25) is 0 Å². The summed E-state index contributed by atoms with van der Waals surface area (Å²) in [4.78, 5) is 19.7. The number of fused-ring (bicyclic) bond motifs is 1. The first-order valence-corrected chi connectivity index (χ1v) is 8.79. The van der Waals surface area contributed by atoms with Crippen molar-refractivity contribution in [3.63, 3.8) is 0 Å². The minimum Gasteiger partial charge on any atom is -0.508 e. The van der Waals surface area contributed by atoms with Crippen molar-refractivity contribution in [2.45, 2.75) is 25.3 Å². The number of benzene rings is 2. The van der Waals surface area contributed by atoms with Gasteiger partial charge in [0, 0.05) is 18.3 Å². The first-order valence-electron chi connectivity index (χ1n) is 8.79. The lowest BCUT2D eigenvalue weighted by Gasteiger charge is -2.38. The van der Waals surface area contributed by atoms with Gasteiger partial charge in [-0.2, -0.15) is 0 Å². The Morgan fingerprint density at radius 3 is 2.77 bits per heavy atom. The molecule has 2 N–H and O–H groups in total. The number of aryl methyl sites for hydroxylation is 1. The van der Waals surface area contributed by atoms with Crippen molar-refractivity contribution in [1.82, 2.24) is 0 Å². The Morgan fingerprint density at radius 2 is 2.00 bits per heavy atom. The molecule has 0 saturated heterocycles. The second-order valence-corrected chi connectivity index (χ2v) is 6.56. The predicted octanol–water partition coefficient (Wildman–Crippen LogP) is 3.46. The summed E-state index contributed by atoms with van der Waals surface area (Å²) in [6.07, 6.45) is 6.66. The van der Waals surface area contributed by atoms with Crippen LogP contribution in [-0.2, 0) is 6.42 Å². The van der Waals surface area contributed by atoms with Crippen LogP contribution in [0.25, 0.3) is 0 Å². The number of amides is 1. The Bertz CT molecular complexity index is 917. The van der Waals surface area contributed by atoms with E-state index < -0.39 is 0 Å². The highest BCUT2D eigenvalue weighted by molar-refractivity contribution is 6.14. The van der Waals surface area contributed by atoms with Crippen LogP contribution in [0, 0.1) is 0 Å². The summed E-state index contributed by atoms with van der Waals surface area (Å²) in [5.41, 5.74) is 3.03. The molecule has 2 aromatic carbocycles. The van der Waals surface area contributed by atoms with Crippen molar-refractivity contribution in [2.75, 3.05) is 11.4 Å². The Kier molecular flexibility index (Phi) is 4.21. The van der Waals surface area contributed by atoms with Crippen molar-refractivity contribution in [3.05, 3.63) is 65.7 Å². The van der Waals surface area contributed by atoms with Crippen molar-refractivity contribution < 1.29 is 15.0 Å². The maximum Gasteiger partial charge on any atom is 0.262 e. The highest BCUT2D eigenvalue weighted by Gasteiger charge is 2.35. The maximum absolute atomic E-state index is 13.4. The number of nitrogens with zero attached hydrogens (tertiary/aromatic N) is 2. The Hall–Kier alpha value is -3.08. The van der Waals surface area contributed by atoms with E-state index in [-0.39, 0.29) is 29.0 Å². The van der Waals surface area contributed by atoms with Crippen LogP contribution in [0.4, 0.5) is 5.69 Å². The Labute approximate surface area is 151 Å². The van der Waals surface area contributed by atoms with Gasteiger partial charge in [0.25, 0.3) is 5.91 Å². The van der Waals surface area contributed by atoms with E-state index >= 15 is 0 Å². The van der Waals surface area contributed by atoms with Crippen LogP contribution in [0.15, 0.2) is 59.6 Å². The molecule has 1 unspecified atom stereocenters. The summed E-state index contributed by atoms with van der Waals surface area (Å²) in [6, 6.07) is 11.7. The summed E-state index contributed by atoms with van der Waals surface area (Å²) in [5, 5.41) is 19.7. The molecule has 132 valence electrons. The monoisotopic (exact) mass is 348 g/mol. The molecule has 0 fully saturated rings. The van der Waals surface area contributed by atoms with Crippen LogP contribution >= 0.6 is 0 Å². The lowest BCUT2D eigenvalue weighted by molar-refractivity contribution is 0.0977. The van der Waals surface area contributed by atoms with Gasteiger partial charge < -0.3 is 10.2 Å². The summed E-state index contributed by atoms with van der Waals surface area (Å²) in [6.45, 7) is 0.733. The van der Waals surface area contributed by atoms with Crippen LogP contribution in [0.5, 0.6) is 11.5 Å². The number of hydrogen-bond acceptors (Lipinski definition) is 4. The molecule has 5 nitrogen and oxygen atoms in total. The van der Waals surface area contributed by atoms with Crippen molar-refractivity contribution >= 4 is 17.3 Å². The molecular formula is C21H20N2O3. The molecule has 5 heteroatoms. The van der Waals surface area contributed by atoms with Gasteiger partial charge in [-0.1, -0.05) is 24.3 Å². The van der Waals surface area contributed by atoms with Crippen molar-refractivity contribution in [2.24, 2.45) is 4.99 Å². The first kappa shape index (κ1) is 16.4. The minimum absolute atomic E-state index is 0.0748. The van der Waals surface area contributed by atoms with Crippen LogP contribution in [0.3, 0.4) is 0 Å². The average Bonchev–Trinajstić information content (AvgIpc) is 2.67. The van der Waals surface area contributed by atoms with Gasteiger partial charge in [0.2, 0.25) is 0 Å². The van der Waals surface area contributed by atoms with Gasteiger partial charge in [0.1, 0.15) is 11.5 Å². The topological polar surface area (TPSA) is 73.1 Å². The highest BCUT2D eigenvalue weighted by Crippen LogP contribution is 2.35. The van der Waals surface area contributed by atoms with E-state index in [0.717, 1.165) is 42.8 Å². The van der Waals surface area contributed by atoms with Crippen LogP contribution < -0.4 is 4.90 Å². The van der Waals surface area contributed by atoms with Crippen molar-refractivity contribution in [1.29, 1.82) is 0 Å². The van der Waals surface area contributed by atoms with Gasteiger partial charge in [-0.05, 0) is 49.1 Å². The molecule has 0 saturated carbocycles. The largest absolute Gasteiger partial charge is 0.508 e. The molecule has 0 radical (unpaired) electrons. The molecular weight excluding hydrogens is 328 g/mol. The fourth-order valence-electron chi connectivity index (χ4n) is 3.65. The molecule has 1 amide bonds. The number of phenols is 2. The lowest BCUT2D eigenvalue weighted by Crippen LogP contribution is -2.48. The quantitative estimate of drug-likeness (QED) is 0.873. The van der Waals surface area contributed by atoms with E-state index in [0.29, 0.717) is 0 Å². The molecule has 2 aliphatic heterocycles. The van der Waals surface area contributed by atoms with Crippen LogP contribution in [-0.4, -0.2) is 34.4 Å². The first-order chi connectivity index (χ1) is 12.6. The average molecular weight is 348 g/mol. The number of rotatable bonds is 2. The molecule has 4 rings (SSSR count). The second-order valence-electron chi connectivity index (χ2n) is 6.56. The number of dihydropyridines is 1. The predicted molar refractivity (Wildman–Crippen MR) is 101 cm³/mol. The SMILES string of the molecule is O=C(c1ccc(O)cc1O)N1c2ccccc2CCC1C1=NCCC=C1. The third-order valence-corrected chi connectivity index (χ3v) is 4.90. The number of carbonyl (C=O) groups is 1. The Morgan fingerprint density at radius 1 is 1.15 bits per heavy atom. The smallest absolute Gasteiger partial charge is 0.262 e. The Balaban J connectivity index is 1.81. The molecule has 0 aromatic heterocycles. The van der Waals surface area contributed by atoms with E-state index in [1.165, 1.54) is 18.2 Å². The summed E-state index contributed by atoms with van der Waals surface area (Å²) >= 11 is 0. The number of carbonyl (C=O) groups excluding carboxylic acids is 1. The van der Waals surface area contributed by atoms with E-state index in [9.17, 15) is 15.0 Å². The third-order valence-electron chi connectivity index (χ3n) is 4.90. The zero-order valence-electron chi connectivity index (χ0n) is 14.3. The van der Waals surface area contributed by atoms with Crippen LogP contribution in [0.1, 0.15) is 28.8 Å². The fraction of sp³-hybridized carbons (Fsp3) is 0.238. The van der Waals surface area contributed by atoms with Crippen molar-refractivity contribution in [3.8, 4) is 11.5 Å². The number of anilines is 1. The van der Waals surface area contributed by atoms with E-state index in [2.05, 4.69) is 11.1 Å². The molecule has 0 bridgehead atoms. The normalized spacial score (nSPS) is 19.0. The van der Waals surface area contributed by atoms with E-state index in [4.69, 9.17) is 0 Å². The van der Waals surface area contributed by atoms with Gasteiger partial charge in [-0.25, -0.2) is 0 Å². The maximum atomic E-state index is 13.4. The number of phenolic OH excluding ortho intramolecular Hbond substituents is 2. The van der Waals surface area contributed by atoms with Gasteiger partial charge in [0.15, 0.2) is 0 Å². The van der Waals surface area contributed by atoms with Gasteiger partial charge in [-0.3, -0.25) is 14.7 Å². The van der Waals surface area contributed by atoms with E-state index in [1.807, 2.05) is 30.3 Å². The second kappa shape index (κ2) is 6.67. The number of hydrogen-bond donors (Lipinski definition) is 2.